The van der Waals surface area contributed by atoms with Crippen molar-refractivity contribution in [2.24, 2.45) is 0 Å². The molecule has 10 heteroatoms. The molecule has 2 aliphatic heterocycles. The minimum Gasteiger partial charge on any atom is -0.496 e. The van der Waals surface area contributed by atoms with Gasteiger partial charge in [-0.2, -0.15) is 0 Å². The minimum atomic E-state index is -0.937. The van der Waals surface area contributed by atoms with Gasteiger partial charge in [-0.15, -0.1) is 0 Å². The van der Waals surface area contributed by atoms with Crippen molar-refractivity contribution in [3.63, 3.8) is 0 Å². The number of nitrogens with zero attached hydrogens (tertiary/aromatic N) is 4. The van der Waals surface area contributed by atoms with Crippen LogP contribution in [-0.2, 0) is 11.3 Å². The number of hydrogen-bond donors (Lipinski definition) is 4. The first-order valence-electron chi connectivity index (χ1n) is 12.2. The number of amides is 1. The Hall–Kier alpha value is -3.63. The highest BCUT2D eigenvalue weighted by molar-refractivity contribution is 5.91. The van der Waals surface area contributed by atoms with Crippen LogP contribution in [0.3, 0.4) is 0 Å². The highest BCUT2D eigenvalue weighted by Crippen LogP contribution is 2.33. The molecule has 1 atom stereocenters. The molecule has 2 aliphatic rings. The fraction of sp³-hybridized carbons (Fsp3) is 0.423. The standard InChI is InChI=1S/C17H21NO4.C9H13N5/c1-12(20)18(10-14(21)11-19)9-13-7-8-17(22-2)16-6-4-3-5-15(13)16;1-2-4-14(3-1)9-7-8(11-5-10-7)12-6-13-9/h3-8,14,19,21H,9-11H2,1-2H3;6,10H,1-5H2,(H,11,12,13). The van der Waals surface area contributed by atoms with Crippen molar-refractivity contribution < 1.29 is 19.7 Å². The fourth-order valence-corrected chi connectivity index (χ4v) is 4.53. The number of hydrogen-bond acceptors (Lipinski definition) is 9. The van der Waals surface area contributed by atoms with Gasteiger partial charge in [-0.3, -0.25) is 4.79 Å². The van der Waals surface area contributed by atoms with Crippen LogP contribution in [0.2, 0.25) is 0 Å². The Balaban J connectivity index is 0.000000185. The van der Waals surface area contributed by atoms with Crippen molar-refractivity contribution in [1.82, 2.24) is 14.9 Å². The Morgan fingerprint density at radius 3 is 2.58 bits per heavy atom. The van der Waals surface area contributed by atoms with E-state index in [1.54, 1.807) is 13.4 Å². The van der Waals surface area contributed by atoms with Crippen molar-refractivity contribution in [3.8, 4) is 5.75 Å². The highest BCUT2D eigenvalue weighted by atomic mass is 16.5. The SMILES string of the molecule is COc1ccc(CN(CC(O)CO)C(C)=O)c2ccccc12.c1nc2c(c(N3CCCC3)n1)NCN2. The third-order valence-electron chi connectivity index (χ3n) is 6.40. The summed E-state index contributed by atoms with van der Waals surface area (Å²) in [7, 11) is 1.63. The van der Waals surface area contributed by atoms with Crippen LogP contribution in [0, 0.1) is 0 Å². The zero-order valence-electron chi connectivity index (χ0n) is 20.8. The molecule has 0 aliphatic carbocycles. The first-order valence-corrected chi connectivity index (χ1v) is 12.2. The Morgan fingerprint density at radius 1 is 1.14 bits per heavy atom. The first-order chi connectivity index (χ1) is 17.5. The van der Waals surface area contributed by atoms with Crippen LogP contribution >= 0.6 is 0 Å². The largest absolute Gasteiger partial charge is 0.496 e. The summed E-state index contributed by atoms with van der Waals surface area (Å²) in [5, 5.41) is 27.0. The molecule has 36 heavy (non-hydrogen) atoms. The summed E-state index contributed by atoms with van der Waals surface area (Å²) < 4.78 is 5.36. The number of benzene rings is 2. The third kappa shape index (κ3) is 5.77. The normalized spacial score (nSPS) is 14.8. The summed E-state index contributed by atoms with van der Waals surface area (Å²) in [6, 6.07) is 11.6. The zero-order valence-corrected chi connectivity index (χ0v) is 20.8. The number of ether oxygens (including phenoxy) is 1. The number of aliphatic hydroxyl groups is 2. The Labute approximate surface area is 210 Å². The molecule has 1 unspecified atom stereocenters. The molecule has 1 saturated heterocycles. The molecule has 0 bridgehead atoms. The number of fused-ring (bicyclic) bond motifs is 2. The second-order valence-electron chi connectivity index (χ2n) is 8.85. The second kappa shape index (κ2) is 11.9. The number of nitrogens with one attached hydrogen (secondary N) is 2. The van der Waals surface area contributed by atoms with E-state index in [0.717, 1.165) is 59.2 Å². The van der Waals surface area contributed by atoms with Gasteiger partial charge in [0.1, 0.15) is 17.8 Å². The van der Waals surface area contributed by atoms with E-state index in [0.29, 0.717) is 6.54 Å². The summed E-state index contributed by atoms with van der Waals surface area (Å²) in [6.45, 7) is 4.55. The second-order valence-corrected chi connectivity index (χ2v) is 8.85. The van der Waals surface area contributed by atoms with Crippen LogP contribution in [0.5, 0.6) is 5.75 Å². The molecule has 5 rings (SSSR count). The summed E-state index contributed by atoms with van der Waals surface area (Å²) in [5.41, 5.74) is 2.03. The van der Waals surface area contributed by atoms with Crippen molar-refractivity contribution in [3.05, 3.63) is 48.3 Å². The molecule has 0 saturated carbocycles. The number of anilines is 3. The van der Waals surface area contributed by atoms with Gasteiger partial charge in [-0.1, -0.05) is 30.3 Å². The maximum atomic E-state index is 11.8. The van der Waals surface area contributed by atoms with Crippen molar-refractivity contribution in [2.75, 3.05) is 55.6 Å². The molecule has 1 fully saturated rings. The van der Waals surface area contributed by atoms with Gasteiger partial charge in [0.2, 0.25) is 5.91 Å². The average molecular weight is 495 g/mol. The number of aliphatic hydroxyl groups excluding tert-OH is 2. The van der Waals surface area contributed by atoms with E-state index in [-0.39, 0.29) is 19.1 Å². The van der Waals surface area contributed by atoms with Gasteiger partial charge in [0.25, 0.3) is 0 Å². The molecule has 4 N–H and O–H groups in total. The van der Waals surface area contributed by atoms with E-state index in [9.17, 15) is 9.90 Å². The first kappa shape index (κ1) is 25.5. The third-order valence-corrected chi connectivity index (χ3v) is 6.40. The molecule has 10 nitrogen and oxygen atoms in total. The highest BCUT2D eigenvalue weighted by Gasteiger charge is 2.22. The molecular weight excluding hydrogens is 460 g/mol. The molecule has 1 amide bonds. The smallest absolute Gasteiger partial charge is 0.219 e. The van der Waals surface area contributed by atoms with Gasteiger partial charge >= 0.3 is 0 Å². The molecule has 192 valence electrons. The van der Waals surface area contributed by atoms with Crippen LogP contribution < -0.4 is 20.3 Å². The lowest BCUT2D eigenvalue weighted by Gasteiger charge is -2.24. The van der Waals surface area contributed by atoms with Crippen LogP contribution in [0.4, 0.5) is 17.3 Å². The van der Waals surface area contributed by atoms with Crippen LogP contribution in [0.15, 0.2) is 42.7 Å². The summed E-state index contributed by atoms with van der Waals surface area (Å²) >= 11 is 0. The number of carbonyl (C=O) groups is 1. The predicted molar refractivity (Wildman–Crippen MR) is 140 cm³/mol. The molecule has 3 heterocycles. The van der Waals surface area contributed by atoms with E-state index < -0.39 is 6.10 Å². The van der Waals surface area contributed by atoms with Gasteiger partial charge in [0, 0.05) is 38.5 Å². The molecule has 0 spiro atoms. The minimum absolute atomic E-state index is 0.103. The lowest BCUT2D eigenvalue weighted by molar-refractivity contribution is -0.131. The van der Waals surface area contributed by atoms with E-state index in [1.165, 1.54) is 24.7 Å². The van der Waals surface area contributed by atoms with Gasteiger partial charge in [0.15, 0.2) is 11.6 Å². The van der Waals surface area contributed by atoms with E-state index >= 15 is 0 Å². The maximum Gasteiger partial charge on any atom is 0.219 e. The monoisotopic (exact) mass is 494 g/mol. The van der Waals surface area contributed by atoms with Crippen molar-refractivity contribution in [2.45, 2.75) is 32.4 Å². The summed E-state index contributed by atoms with van der Waals surface area (Å²) in [4.78, 5) is 24.1. The van der Waals surface area contributed by atoms with Gasteiger partial charge < -0.3 is 35.4 Å². The fourth-order valence-electron chi connectivity index (χ4n) is 4.53. The molecule has 0 radical (unpaired) electrons. The number of carbonyl (C=O) groups excluding carboxylic acids is 1. The van der Waals surface area contributed by atoms with Gasteiger partial charge in [-0.05, 0) is 29.9 Å². The quantitative estimate of drug-likeness (QED) is 0.392. The van der Waals surface area contributed by atoms with Crippen molar-refractivity contribution in [1.29, 1.82) is 0 Å². The molecule has 1 aromatic heterocycles. The van der Waals surface area contributed by atoms with Gasteiger partial charge in [0.05, 0.1) is 26.5 Å². The topological polar surface area (TPSA) is 123 Å². The maximum absolute atomic E-state index is 11.8. The number of aromatic nitrogens is 2. The van der Waals surface area contributed by atoms with Crippen LogP contribution in [0.1, 0.15) is 25.3 Å². The zero-order chi connectivity index (χ0) is 25.5. The lowest BCUT2D eigenvalue weighted by Crippen LogP contribution is -2.37. The predicted octanol–water partition coefficient (Wildman–Crippen LogP) is 2.42. The van der Waals surface area contributed by atoms with E-state index in [4.69, 9.17) is 9.84 Å². The Kier molecular flexibility index (Phi) is 8.40. The summed E-state index contributed by atoms with van der Waals surface area (Å²) in [6.07, 6.45) is 3.23. The lowest BCUT2D eigenvalue weighted by atomic mass is 10.0. The number of methoxy groups -OCH3 is 1. The Morgan fingerprint density at radius 2 is 1.89 bits per heavy atom. The molecular formula is C26H34N6O4. The van der Waals surface area contributed by atoms with Crippen LogP contribution in [-0.4, -0.2) is 77.1 Å². The van der Waals surface area contributed by atoms with Crippen LogP contribution in [0.25, 0.3) is 10.8 Å². The van der Waals surface area contributed by atoms with E-state index in [2.05, 4.69) is 25.5 Å². The Bertz CT molecular complexity index is 1180. The van der Waals surface area contributed by atoms with E-state index in [1.807, 2.05) is 36.4 Å². The average Bonchev–Trinajstić information content (AvgIpc) is 3.61. The van der Waals surface area contributed by atoms with Gasteiger partial charge in [-0.25, -0.2) is 9.97 Å². The molecule has 2 aromatic carbocycles. The van der Waals surface area contributed by atoms with Crippen molar-refractivity contribution >= 4 is 34.0 Å². The summed E-state index contributed by atoms with van der Waals surface area (Å²) in [5.74, 6) is 2.62. The number of rotatable bonds is 7. The molecule has 3 aromatic rings.